The molecule has 9 nitrogen and oxygen atoms in total. The molecule has 0 saturated carbocycles. The number of nitrogens with one attached hydrogen (secondary N) is 1. The number of aryl methyl sites for hydroxylation is 2. The van der Waals surface area contributed by atoms with E-state index < -0.39 is 18.4 Å². The number of esters is 1. The molecule has 1 amide bonds. The Morgan fingerprint density at radius 1 is 0.900 bits per heavy atom. The topological polar surface area (TPSA) is 109 Å². The minimum absolute atomic E-state index is 0.114. The van der Waals surface area contributed by atoms with Gasteiger partial charge < -0.3 is 24.1 Å². The molecule has 0 radical (unpaired) electrons. The molecular weight excluding hydrogens is 651 g/mol. The van der Waals surface area contributed by atoms with E-state index in [2.05, 4.69) is 41.6 Å². The zero-order valence-corrected chi connectivity index (χ0v) is 29.7. The summed E-state index contributed by atoms with van der Waals surface area (Å²) in [5, 5.41) is 3.18. The Morgan fingerprint density at radius 3 is 2.32 bits per heavy atom. The number of carbonyl (C=O) groups excluding carboxylic acids is 3. The Balaban J connectivity index is 1.37. The Kier molecular flexibility index (Phi) is 12.3. The van der Waals surface area contributed by atoms with Crippen molar-refractivity contribution in [3.05, 3.63) is 125 Å². The smallest absolute Gasteiger partial charge is 0.435 e. The first-order valence-electron chi connectivity index (χ1n) is 16.9. The average molecular weight is 694 g/mol. The van der Waals surface area contributed by atoms with Gasteiger partial charge in [0.2, 0.25) is 6.29 Å². The summed E-state index contributed by atoms with van der Waals surface area (Å²) in [6.45, 7) is 7.94. The molecule has 260 valence electrons. The third-order valence-corrected chi connectivity index (χ3v) is 8.73. The molecule has 1 heterocycles. The van der Waals surface area contributed by atoms with Crippen LogP contribution in [0.2, 0.25) is 0 Å². The number of hydrogen-bond acceptors (Lipinski definition) is 8. The monoisotopic (exact) mass is 693 g/mol. The second kappa shape index (κ2) is 17.0. The minimum atomic E-state index is -1.12. The molecule has 4 aromatic carbocycles. The molecule has 0 aliphatic heterocycles. The molecule has 2 atom stereocenters. The van der Waals surface area contributed by atoms with Crippen LogP contribution in [-0.4, -0.2) is 52.3 Å². The third-order valence-electron chi connectivity index (χ3n) is 8.29. The fraction of sp³-hybridized carbons (Fsp3) is 0.300. The van der Waals surface area contributed by atoms with Crippen molar-refractivity contribution >= 4 is 41.7 Å². The lowest BCUT2D eigenvalue weighted by molar-refractivity contribution is -0.0811. The molecule has 0 spiro atoms. The number of nitrogens with zero attached hydrogens (tertiary/aromatic N) is 2. The van der Waals surface area contributed by atoms with Crippen molar-refractivity contribution in [2.45, 2.75) is 65.8 Å². The number of benzene rings is 4. The van der Waals surface area contributed by atoms with E-state index in [1.807, 2.05) is 73.7 Å². The summed E-state index contributed by atoms with van der Waals surface area (Å²) in [7, 11) is 0. The molecule has 50 heavy (non-hydrogen) atoms. The summed E-state index contributed by atoms with van der Waals surface area (Å²) >= 11 is 4.51. The molecule has 0 fully saturated rings. The van der Waals surface area contributed by atoms with E-state index in [1.165, 1.54) is 6.92 Å². The Labute approximate surface area is 298 Å². The molecule has 1 aromatic heterocycles. The van der Waals surface area contributed by atoms with Crippen molar-refractivity contribution in [2.24, 2.45) is 0 Å². The van der Waals surface area contributed by atoms with Crippen LogP contribution in [-0.2, 0) is 33.6 Å². The quantitative estimate of drug-likeness (QED) is 0.0690. The van der Waals surface area contributed by atoms with Gasteiger partial charge in [-0.25, -0.2) is 14.6 Å². The van der Waals surface area contributed by atoms with E-state index >= 15 is 0 Å². The molecular formula is C40H43N3O6S. The highest BCUT2D eigenvalue weighted by molar-refractivity contribution is 7.80. The van der Waals surface area contributed by atoms with Crippen LogP contribution in [0.15, 0.2) is 91.0 Å². The van der Waals surface area contributed by atoms with Gasteiger partial charge >= 0.3 is 12.1 Å². The summed E-state index contributed by atoms with van der Waals surface area (Å²) in [6.07, 6.45) is 0.392. The maximum absolute atomic E-state index is 13.5. The van der Waals surface area contributed by atoms with Gasteiger partial charge in [-0.1, -0.05) is 79.7 Å². The number of imidazole rings is 1. The first-order chi connectivity index (χ1) is 24.2. The van der Waals surface area contributed by atoms with Gasteiger partial charge in [-0.2, -0.15) is 12.6 Å². The summed E-state index contributed by atoms with van der Waals surface area (Å²) in [5.74, 6) is 0.715. The van der Waals surface area contributed by atoms with E-state index in [1.54, 1.807) is 19.1 Å². The molecule has 0 saturated heterocycles. The van der Waals surface area contributed by atoms with Crippen LogP contribution < -0.4 is 5.32 Å². The van der Waals surface area contributed by atoms with E-state index in [0.29, 0.717) is 35.4 Å². The zero-order chi connectivity index (χ0) is 35.6. The lowest BCUT2D eigenvalue weighted by Gasteiger charge is -2.17. The minimum Gasteiger partial charge on any atom is -0.435 e. The maximum Gasteiger partial charge on any atom is 0.511 e. The van der Waals surface area contributed by atoms with Crippen LogP contribution in [0.1, 0.15) is 70.4 Å². The largest absolute Gasteiger partial charge is 0.511 e. The molecule has 0 bridgehead atoms. The van der Waals surface area contributed by atoms with Gasteiger partial charge in [0.25, 0.3) is 5.91 Å². The molecule has 5 aromatic rings. The standard InChI is InChI=1S/C40H43N3O6S/c1-5-12-36-42-37-26(3)21-31(38(44)41-32(25-50)22-28-13-8-7-9-14-28)23-35(37)43(36)24-29-17-19-30(20-18-29)33-15-10-11-16-34(33)39(45)48-27(4)49-40(46)47-6-2/h7-11,13-21,23,27,32,50H,5-6,12,22,24-25H2,1-4H3,(H,41,44)/t27?,32-/m1/s1. The Hall–Kier alpha value is -5.09. The average Bonchev–Trinajstić information content (AvgIpc) is 3.45. The fourth-order valence-electron chi connectivity index (χ4n) is 5.90. The second-order valence-corrected chi connectivity index (χ2v) is 12.4. The summed E-state index contributed by atoms with van der Waals surface area (Å²) < 4.78 is 17.3. The first-order valence-corrected chi connectivity index (χ1v) is 17.5. The van der Waals surface area contributed by atoms with Crippen molar-refractivity contribution < 1.29 is 28.6 Å². The van der Waals surface area contributed by atoms with Gasteiger partial charge in [0.15, 0.2) is 0 Å². The SMILES string of the molecule is CCCc1nc2c(C)cc(C(=O)N[C@@H](CS)Cc3ccccc3)cc2n1Cc1ccc(-c2ccccc2C(=O)OC(C)OC(=O)OCC)cc1. The number of hydrogen-bond donors (Lipinski definition) is 2. The molecule has 10 heteroatoms. The van der Waals surface area contributed by atoms with Gasteiger partial charge in [-0.05, 0) is 72.7 Å². The molecule has 1 unspecified atom stereocenters. The molecule has 0 aliphatic rings. The van der Waals surface area contributed by atoms with Crippen LogP contribution in [0.25, 0.3) is 22.2 Å². The van der Waals surface area contributed by atoms with Crippen LogP contribution in [0.5, 0.6) is 0 Å². The van der Waals surface area contributed by atoms with Crippen molar-refractivity contribution in [1.29, 1.82) is 0 Å². The van der Waals surface area contributed by atoms with Crippen LogP contribution in [0.3, 0.4) is 0 Å². The van der Waals surface area contributed by atoms with E-state index in [-0.39, 0.29) is 18.6 Å². The number of thiol groups is 1. The van der Waals surface area contributed by atoms with Crippen molar-refractivity contribution in [2.75, 3.05) is 12.4 Å². The van der Waals surface area contributed by atoms with Gasteiger partial charge in [-0.15, -0.1) is 0 Å². The number of ether oxygens (including phenoxy) is 3. The summed E-state index contributed by atoms with van der Waals surface area (Å²) in [6, 6.07) is 28.9. The van der Waals surface area contributed by atoms with Crippen LogP contribution in [0, 0.1) is 6.92 Å². The Bertz CT molecular complexity index is 1940. The highest BCUT2D eigenvalue weighted by Crippen LogP contribution is 2.28. The van der Waals surface area contributed by atoms with Gasteiger partial charge in [0.05, 0.1) is 23.2 Å². The van der Waals surface area contributed by atoms with E-state index in [9.17, 15) is 14.4 Å². The van der Waals surface area contributed by atoms with E-state index in [0.717, 1.165) is 52.0 Å². The van der Waals surface area contributed by atoms with Gasteiger partial charge in [-0.3, -0.25) is 4.79 Å². The first kappa shape index (κ1) is 36.2. The van der Waals surface area contributed by atoms with Crippen molar-refractivity contribution in [1.82, 2.24) is 14.9 Å². The number of aromatic nitrogens is 2. The normalized spacial score (nSPS) is 12.3. The van der Waals surface area contributed by atoms with Crippen LogP contribution in [0.4, 0.5) is 4.79 Å². The summed E-state index contributed by atoms with van der Waals surface area (Å²) in [5.41, 5.74) is 7.34. The summed E-state index contributed by atoms with van der Waals surface area (Å²) in [4.78, 5) is 43.3. The predicted octanol–water partition coefficient (Wildman–Crippen LogP) is 7.96. The Morgan fingerprint density at radius 2 is 1.62 bits per heavy atom. The van der Waals surface area contributed by atoms with Crippen LogP contribution >= 0.6 is 12.6 Å². The lowest BCUT2D eigenvalue weighted by Crippen LogP contribution is -2.37. The maximum atomic E-state index is 13.5. The molecule has 5 rings (SSSR count). The lowest BCUT2D eigenvalue weighted by atomic mass is 9.98. The third kappa shape index (κ3) is 8.92. The van der Waals surface area contributed by atoms with Crippen molar-refractivity contribution in [3.8, 4) is 11.1 Å². The number of rotatable bonds is 14. The predicted molar refractivity (Wildman–Crippen MR) is 198 cm³/mol. The molecule has 0 aliphatic carbocycles. The fourth-order valence-corrected chi connectivity index (χ4v) is 6.12. The number of fused-ring (bicyclic) bond motifs is 1. The van der Waals surface area contributed by atoms with Gasteiger partial charge in [0.1, 0.15) is 5.82 Å². The highest BCUT2D eigenvalue weighted by atomic mass is 32.1. The second-order valence-electron chi connectivity index (χ2n) is 12.1. The molecule has 1 N–H and O–H groups in total. The zero-order valence-electron chi connectivity index (χ0n) is 28.8. The highest BCUT2D eigenvalue weighted by Gasteiger charge is 2.21. The van der Waals surface area contributed by atoms with Gasteiger partial charge in [0, 0.05) is 37.2 Å². The van der Waals surface area contributed by atoms with Crippen molar-refractivity contribution in [3.63, 3.8) is 0 Å². The van der Waals surface area contributed by atoms with E-state index in [4.69, 9.17) is 19.2 Å². The number of amides is 1. The number of carbonyl (C=O) groups is 3.